The number of anilines is 1. The van der Waals surface area contributed by atoms with Crippen LogP contribution in [0.3, 0.4) is 0 Å². The van der Waals surface area contributed by atoms with Crippen molar-refractivity contribution in [3.63, 3.8) is 0 Å². The molecule has 0 aliphatic rings. The normalized spacial score (nSPS) is 12.3. The van der Waals surface area contributed by atoms with E-state index in [1.165, 1.54) is 0 Å². The van der Waals surface area contributed by atoms with E-state index < -0.39 is 0 Å². The topological polar surface area (TPSA) is 50.4 Å². The van der Waals surface area contributed by atoms with E-state index >= 15 is 0 Å². The third-order valence-electron chi connectivity index (χ3n) is 3.96. The number of hydrogen-bond acceptors (Lipinski definition) is 3. The van der Waals surface area contributed by atoms with E-state index in [1.54, 1.807) is 0 Å². The van der Waals surface area contributed by atoms with Crippen LogP contribution in [0.25, 0.3) is 0 Å². The van der Waals surface area contributed by atoms with Gasteiger partial charge in [-0.15, -0.1) is 0 Å². The second-order valence-corrected chi connectivity index (χ2v) is 6.53. The number of benzene rings is 2. The molecule has 1 atom stereocenters. The molecular weight excluding hydrogens is 300 g/mol. The van der Waals surface area contributed by atoms with Crippen molar-refractivity contribution in [2.24, 2.45) is 0 Å². The van der Waals surface area contributed by atoms with Gasteiger partial charge in [0.05, 0.1) is 0 Å². The first-order valence-corrected chi connectivity index (χ1v) is 8.31. The van der Waals surface area contributed by atoms with Crippen LogP contribution in [0.15, 0.2) is 54.6 Å². The SMILES string of the molecule is CCC(C)(C)NC(=O)C(C)Nc1ccc(Oc2ccccc2)cc1. The molecule has 4 heteroatoms. The largest absolute Gasteiger partial charge is 0.457 e. The Bertz CT molecular complexity index is 651. The van der Waals surface area contributed by atoms with Gasteiger partial charge in [-0.3, -0.25) is 4.79 Å². The third-order valence-corrected chi connectivity index (χ3v) is 3.96. The molecule has 0 saturated heterocycles. The Morgan fingerprint density at radius 2 is 1.62 bits per heavy atom. The van der Waals surface area contributed by atoms with E-state index in [0.29, 0.717) is 0 Å². The highest BCUT2D eigenvalue weighted by atomic mass is 16.5. The molecular formula is C20H26N2O2. The molecule has 0 saturated carbocycles. The van der Waals surface area contributed by atoms with Gasteiger partial charge in [0.25, 0.3) is 0 Å². The van der Waals surface area contributed by atoms with Crippen LogP contribution in [0.1, 0.15) is 34.1 Å². The predicted molar refractivity (Wildman–Crippen MR) is 98.6 cm³/mol. The molecule has 1 amide bonds. The number of hydrogen-bond donors (Lipinski definition) is 2. The van der Waals surface area contributed by atoms with Crippen LogP contribution in [-0.2, 0) is 4.79 Å². The number of ether oxygens (including phenoxy) is 1. The summed E-state index contributed by atoms with van der Waals surface area (Å²) < 4.78 is 5.76. The van der Waals surface area contributed by atoms with Crippen molar-refractivity contribution >= 4 is 11.6 Å². The third kappa shape index (κ3) is 5.30. The zero-order valence-electron chi connectivity index (χ0n) is 14.8. The van der Waals surface area contributed by atoms with Gasteiger partial charge in [0.1, 0.15) is 17.5 Å². The molecule has 0 aliphatic heterocycles. The summed E-state index contributed by atoms with van der Waals surface area (Å²) in [5.41, 5.74) is 0.688. The van der Waals surface area contributed by atoms with Gasteiger partial charge in [-0.1, -0.05) is 25.1 Å². The molecule has 0 aromatic heterocycles. The van der Waals surface area contributed by atoms with Crippen molar-refractivity contribution in [1.82, 2.24) is 5.32 Å². The van der Waals surface area contributed by atoms with Crippen LogP contribution >= 0.6 is 0 Å². The van der Waals surface area contributed by atoms with Gasteiger partial charge in [0, 0.05) is 11.2 Å². The minimum atomic E-state index is -0.309. The zero-order chi connectivity index (χ0) is 17.6. The molecule has 2 rings (SSSR count). The lowest BCUT2D eigenvalue weighted by Crippen LogP contribution is -2.48. The summed E-state index contributed by atoms with van der Waals surface area (Å²) >= 11 is 0. The Morgan fingerprint density at radius 1 is 1.04 bits per heavy atom. The standard InChI is InChI=1S/C20H26N2O2/c1-5-20(3,4)22-19(23)15(2)21-16-11-13-18(14-12-16)24-17-9-7-6-8-10-17/h6-15,21H,5H2,1-4H3,(H,22,23). The Balaban J connectivity index is 1.92. The Labute approximate surface area is 144 Å². The van der Waals surface area contributed by atoms with Crippen LogP contribution < -0.4 is 15.4 Å². The van der Waals surface area contributed by atoms with Gasteiger partial charge in [-0.05, 0) is 63.6 Å². The summed E-state index contributed by atoms with van der Waals surface area (Å²) in [6.07, 6.45) is 0.886. The van der Waals surface area contributed by atoms with Crippen LogP contribution in [-0.4, -0.2) is 17.5 Å². The molecule has 4 nitrogen and oxygen atoms in total. The van der Waals surface area contributed by atoms with Crippen LogP contribution in [0.5, 0.6) is 11.5 Å². The summed E-state index contributed by atoms with van der Waals surface area (Å²) in [5, 5.41) is 6.26. The maximum atomic E-state index is 12.2. The summed E-state index contributed by atoms with van der Waals surface area (Å²) in [4.78, 5) is 12.2. The van der Waals surface area contributed by atoms with E-state index in [1.807, 2.05) is 75.4 Å². The van der Waals surface area contributed by atoms with E-state index in [2.05, 4.69) is 17.6 Å². The fourth-order valence-corrected chi connectivity index (χ4v) is 2.09. The quantitative estimate of drug-likeness (QED) is 0.783. The van der Waals surface area contributed by atoms with Crippen LogP contribution in [0, 0.1) is 0 Å². The maximum Gasteiger partial charge on any atom is 0.242 e. The maximum absolute atomic E-state index is 12.2. The predicted octanol–water partition coefficient (Wildman–Crippen LogP) is 4.58. The molecule has 0 radical (unpaired) electrons. The average molecular weight is 326 g/mol. The number of rotatable bonds is 7. The molecule has 24 heavy (non-hydrogen) atoms. The fraction of sp³-hybridized carbons (Fsp3) is 0.350. The Hall–Kier alpha value is -2.49. The lowest BCUT2D eigenvalue weighted by molar-refractivity contribution is -0.123. The number of carbonyl (C=O) groups excluding carboxylic acids is 1. The molecule has 0 spiro atoms. The highest BCUT2D eigenvalue weighted by Gasteiger charge is 2.21. The molecule has 2 aromatic carbocycles. The van der Waals surface area contributed by atoms with Gasteiger partial charge in [0.15, 0.2) is 0 Å². The molecule has 2 N–H and O–H groups in total. The van der Waals surface area contributed by atoms with Crippen molar-refractivity contribution in [2.45, 2.75) is 45.7 Å². The van der Waals surface area contributed by atoms with Crippen LogP contribution in [0.4, 0.5) is 5.69 Å². The number of amides is 1. The van der Waals surface area contributed by atoms with Gasteiger partial charge < -0.3 is 15.4 Å². The molecule has 1 unspecified atom stereocenters. The molecule has 0 heterocycles. The number of carbonyl (C=O) groups is 1. The number of nitrogens with one attached hydrogen (secondary N) is 2. The first-order chi connectivity index (χ1) is 11.4. The van der Waals surface area contributed by atoms with E-state index in [0.717, 1.165) is 23.6 Å². The molecule has 2 aromatic rings. The lowest BCUT2D eigenvalue weighted by Gasteiger charge is -2.27. The van der Waals surface area contributed by atoms with Crippen molar-refractivity contribution in [3.8, 4) is 11.5 Å². The van der Waals surface area contributed by atoms with Crippen molar-refractivity contribution in [1.29, 1.82) is 0 Å². The molecule has 0 bridgehead atoms. The second kappa shape index (κ2) is 7.86. The molecule has 0 aliphatic carbocycles. The van der Waals surface area contributed by atoms with Gasteiger partial charge >= 0.3 is 0 Å². The van der Waals surface area contributed by atoms with E-state index in [9.17, 15) is 4.79 Å². The van der Waals surface area contributed by atoms with Crippen molar-refractivity contribution in [3.05, 3.63) is 54.6 Å². The van der Waals surface area contributed by atoms with Gasteiger partial charge in [-0.25, -0.2) is 0 Å². The van der Waals surface area contributed by atoms with E-state index in [-0.39, 0.29) is 17.5 Å². The fourth-order valence-electron chi connectivity index (χ4n) is 2.09. The number of para-hydroxylation sites is 1. The highest BCUT2D eigenvalue weighted by molar-refractivity contribution is 5.84. The van der Waals surface area contributed by atoms with E-state index in [4.69, 9.17) is 4.74 Å². The Kier molecular flexibility index (Phi) is 5.85. The zero-order valence-corrected chi connectivity index (χ0v) is 14.8. The highest BCUT2D eigenvalue weighted by Crippen LogP contribution is 2.23. The average Bonchev–Trinajstić information content (AvgIpc) is 2.57. The minimum absolute atomic E-state index is 0.00791. The van der Waals surface area contributed by atoms with Gasteiger partial charge in [-0.2, -0.15) is 0 Å². The monoisotopic (exact) mass is 326 g/mol. The van der Waals surface area contributed by atoms with Crippen molar-refractivity contribution < 1.29 is 9.53 Å². The minimum Gasteiger partial charge on any atom is -0.457 e. The first kappa shape index (κ1) is 17.9. The van der Waals surface area contributed by atoms with Gasteiger partial charge in [0.2, 0.25) is 5.91 Å². The smallest absolute Gasteiger partial charge is 0.242 e. The summed E-state index contributed by atoms with van der Waals surface area (Å²) in [6.45, 7) is 7.96. The second-order valence-electron chi connectivity index (χ2n) is 6.53. The summed E-state index contributed by atoms with van der Waals surface area (Å²) in [5.74, 6) is 1.55. The summed E-state index contributed by atoms with van der Waals surface area (Å²) in [6, 6.07) is 16.9. The van der Waals surface area contributed by atoms with Crippen molar-refractivity contribution in [2.75, 3.05) is 5.32 Å². The summed E-state index contributed by atoms with van der Waals surface area (Å²) in [7, 11) is 0. The Morgan fingerprint density at radius 3 is 2.21 bits per heavy atom. The first-order valence-electron chi connectivity index (χ1n) is 8.31. The van der Waals surface area contributed by atoms with Crippen LogP contribution in [0.2, 0.25) is 0 Å². The molecule has 128 valence electrons. The lowest BCUT2D eigenvalue weighted by atomic mass is 10.0. The molecule has 0 fully saturated rings.